The highest BCUT2D eigenvalue weighted by atomic mass is 32.1. The first-order chi connectivity index (χ1) is 12.4. The second kappa shape index (κ2) is 6.15. The Morgan fingerprint density at radius 1 is 1.19 bits per heavy atom. The Hall–Kier alpha value is -2.84. The Morgan fingerprint density at radius 2 is 2.04 bits per heavy atom. The topological polar surface area (TPSA) is 103 Å². The number of nitrogens with zero attached hydrogens (tertiary/aromatic N) is 5. The predicted molar refractivity (Wildman–Crippen MR) is 102 cm³/mol. The van der Waals surface area contributed by atoms with Gasteiger partial charge in [0.1, 0.15) is 5.60 Å². The minimum atomic E-state index is -0.978. The van der Waals surface area contributed by atoms with Crippen LogP contribution in [0.5, 0.6) is 0 Å². The van der Waals surface area contributed by atoms with E-state index in [0.29, 0.717) is 12.2 Å². The zero-order valence-electron chi connectivity index (χ0n) is 14.4. The van der Waals surface area contributed by atoms with Gasteiger partial charge in [-0.05, 0) is 37.4 Å². The number of aliphatic hydroxyl groups is 1. The van der Waals surface area contributed by atoms with E-state index >= 15 is 0 Å². The Kier molecular flexibility index (Phi) is 3.93. The number of fused-ring (bicyclic) bond motifs is 1. The number of anilines is 1. The van der Waals surface area contributed by atoms with E-state index in [0.717, 1.165) is 27.2 Å². The van der Waals surface area contributed by atoms with E-state index in [1.54, 1.807) is 36.1 Å². The summed E-state index contributed by atoms with van der Waals surface area (Å²) in [6, 6.07) is 7.55. The molecule has 0 spiro atoms. The van der Waals surface area contributed by atoms with Crippen molar-refractivity contribution in [1.29, 1.82) is 0 Å². The van der Waals surface area contributed by atoms with Crippen LogP contribution >= 0.6 is 11.3 Å². The average molecular weight is 366 g/mol. The van der Waals surface area contributed by atoms with Crippen LogP contribution in [0.3, 0.4) is 0 Å². The SMILES string of the molecule is CC(C)(O)c1cccc(Cn2cc(-c3nc(N)nc4ccsc34)cn2)n1. The maximum atomic E-state index is 10.1. The summed E-state index contributed by atoms with van der Waals surface area (Å²) in [6.45, 7) is 3.94. The fraction of sp³-hybridized carbons (Fsp3) is 0.222. The van der Waals surface area contributed by atoms with Crippen LogP contribution in [-0.4, -0.2) is 29.8 Å². The van der Waals surface area contributed by atoms with Crippen molar-refractivity contribution >= 4 is 27.5 Å². The van der Waals surface area contributed by atoms with Crippen molar-refractivity contribution in [3.8, 4) is 11.3 Å². The maximum absolute atomic E-state index is 10.1. The molecule has 0 unspecified atom stereocenters. The van der Waals surface area contributed by atoms with E-state index < -0.39 is 5.60 Å². The molecule has 0 amide bonds. The average Bonchev–Trinajstić information content (AvgIpc) is 3.22. The molecule has 132 valence electrons. The minimum absolute atomic E-state index is 0.248. The largest absolute Gasteiger partial charge is 0.384 e. The van der Waals surface area contributed by atoms with E-state index in [4.69, 9.17) is 5.73 Å². The Labute approximate surface area is 154 Å². The van der Waals surface area contributed by atoms with E-state index in [1.165, 1.54) is 0 Å². The summed E-state index contributed by atoms with van der Waals surface area (Å²) in [6.07, 6.45) is 3.68. The number of hydrogen-bond acceptors (Lipinski definition) is 7. The van der Waals surface area contributed by atoms with Gasteiger partial charge in [-0.2, -0.15) is 5.10 Å². The molecule has 0 aliphatic heterocycles. The third-order valence-electron chi connectivity index (χ3n) is 3.99. The number of nitrogens with two attached hydrogens (primary N) is 1. The van der Waals surface area contributed by atoms with Gasteiger partial charge in [0, 0.05) is 11.8 Å². The van der Waals surface area contributed by atoms with Gasteiger partial charge in [-0.3, -0.25) is 9.67 Å². The standard InChI is InChI=1S/C18H18N6OS/c1-18(2,25)14-5-3-4-12(21-14)10-24-9-11(8-20-24)15-16-13(6-7-26-16)22-17(19)23-15/h3-9,25H,10H2,1-2H3,(H2,19,22,23). The first-order valence-electron chi connectivity index (χ1n) is 8.12. The van der Waals surface area contributed by atoms with Crippen molar-refractivity contribution in [1.82, 2.24) is 24.7 Å². The molecule has 0 aliphatic carbocycles. The van der Waals surface area contributed by atoms with Gasteiger partial charge in [-0.25, -0.2) is 9.97 Å². The van der Waals surface area contributed by atoms with Crippen LogP contribution < -0.4 is 5.73 Å². The highest BCUT2D eigenvalue weighted by Gasteiger charge is 2.18. The molecule has 0 fully saturated rings. The third-order valence-corrected chi connectivity index (χ3v) is 4.90. The highest BCUT2D eigenvalue weighted by Crippen LogP contribution is 2.30. The van der Waals surface area contributed by atoms with Gasteiger partial charge >= 0.3 is 0 Å². The van der Waals surface area contributed by atoms with Crippen LogP contribution in [0.25, 0.3) is 21.5 Å². The lowest BCUT2D eigenvalue weighted by molar-refractivity contribution is 0.0736. The van der Waals surface area contributed by atoms with Crippen LogP contribution in [0.15, 0.2) is 42.0 Å². The molecular weight excluding hydrogens is 348 g/mol. The summed E-state index contributed by atoms with van der Waals surface area (Å²) in [4.78, 5) is 13.2. The molecule has 0 saturated carbocycles. The molecule has 0 radical (unpaired) electrons. The molecule has 4 heterocycles. The summed E-state index contributed by atoms with van der Waals surface area (Å²) >= 11 is 1.58. The fourth-order valence-corrected chi connectivity index (χ4v) is 3.57. The lowest BCUT2D eigenvalue weighted by atomic mass is 10.0. The molecule has 26 heavy (non-hydrogen) atoms. The zero-order valence-corrected chi connectivity index (χ0v) is 15.2. The number of nitrogen functional groups attached to an aromatic ring is 1. The predicted octanol–water partition coefficient (Wildman–Crippen LogP) is 2.81. The summed E-state index contributed by atoms with van der Waals surface area (Å²) in [5, 5.41) is 16.5. The molecule has 3 N–H and O–H groups in total. The molecule has 0 aromatic carbocycles. The molecule has 4 rings (SSSR count). The lowest BCUT2D eigenvalue weighted by Gasteiger charge is -2.17. The van der Waals surface area contributed by atoms with Crippen LogP contribution in [-0.2, 0) is 12.1 Å². The van der Waals surface area contributed by atoms with Gasteiger partial charge in [0.05, 0.1) is 40.0 Å². The first-order valence-corrected chi connectivity index (χ1v) is 9.00. The van der Waals surface area contributed by atoms with Crippen molar-refractivity contribution in [2.24, 2.45) is 0 Å². The van der Waals surface area contributed by atoms with Gasteiger partial charge in [0.15, 0.2) is 0 Å². The molecule has 4 aromatic rings. The molecular formula is C18H18N6OS. The van der Waals surface area contributed by atoms with Gasteiger partial charge < -0.3 is 10.8 Å². The lowest BCUT2D eigenvalue weighted by Crippen LogP contribution is -2.18. The third kappa shape index (κ3) is 3.16. The van der Waals surface area contributed by atoms with Crippen molar-refractivity contribution in [3.05, 3.63) is 53.4 Å². The molecule has 7 nitrogen and oxygen atoms in total. The van der Waals surface area contributed by atoms with Crippen LogP contribution in [0.4, 0.5) is 5.95 Å². The monoisotopic (exact) mass is 366 g/mol. The van der Waals surface area contributed by atoms with E-state index in [2.05, 4.69) is 20.1 Å². The van der Waals surface area contributed by atoms with Gasteiger partial charge in [0.25, 0.3) is 0 Å². The first kappa shape index (κ1) is 16.6. The zero-order chi connectivity index (χ0) is 18.3. The number of rotatable bonds is 4. The number of pyridine rings is 1. The van der Waals surface area contributed by atoms with Crippen LogP contribution in [0.2, 0.25) is 0 Å². The molecule has 0 aliphatic rings. The number of aromatic nitrogens is 5. The van der Waals surface area contributed by atoms with E-state index in [9.17, 15) is 5.11 Å². The molecule has 4 aromatic heterocycles. The smallest absolute Gasteiger partial charge is 0.221 e. The minimum Gasteiger partial charge on any atom is -0.384 e. The second-order valence-corrected chi connectivity index (χ2v) is 7.48. The van der Waals surface area contributed by atoms with Gasteiger partial charge in [-0.15, -0.1) is 11.3 Å². The van der Waals surface area contributed by atoms with Crippen molar-refractivity contribution in [3.63, 3.8) is 0 Å². The Bertz CT molecular complexity index is 1080. The second-order valence-electron chi connectivity index (χ2n) is 6.57. The fourth-order valence-electron chi connectivity index (χ4n) is 2.72. The van der Waals surface area contributed by atoms with Gasteiger partial charge in [-0.1, -0.05) is 6.07 Å². The summed E-state index contributed by atoms with van der Waals surface area (Å²) in [5.41, 5.74) is 8.81. The summed E-state index contributed by atoms with van der Waals surface area (Å²) in [5.74, 6) is 0.248. The number of hydrogen-bond donors (Lipinski definition) is 2. The highest BCUT2D eigenvalue weighted by molar-refractivity contribution is 7.17. The van der Waals surface area contributed by atoms with Crippen LogP contribution in [0.1, 0.15) is 25.2 Å². The molecule has 8 heteroatoms. The van der Waals surface area contributed by atoms with Gasteiger partial charge in [0.2, 0.25) is 5.95 Å². The van der Waals surface area contributed by atoms with Crippen molar-refractivity contribution in [2.45, 2.75) is 26.0 Å². The molecule has 0 bridgehead atoms. The Balaban J connectivity index is 1.66. The molecule has 0 atom stereocenters. The summed E-state index contributed by atoms with van der Waals surface area (Å²) < 4.78 is 2.78. The maximum Gasteiger partial charge on any atom is 0.221 e. The summed E-state index contributed by atoms with van der Waals surface area (Å²) in [7, 11) is 0. The van der Waals surface area contributed by atoms with E-state index in [1.807, 2.05) is 35.8 Å². The van der Waals surface area contributed by atoms with E-state index in [-0.39, 0.29) is 5.95 Å². The quantitative estimate of drug-likeness (QED) is 0.576. The van der Waals surface area contributed by atoms with Crippen molar-refractivity contribution in [2.75, 3.05) is 5.73 Å². The normalized spacial score (nSPS) is 12.0. The van der Waals surface area contributed by atoms with Crippen LogP contribution in [0, 0.1) is 0 Å². The molecule has 0 saturated heterocycles. The van der Waals surface area contributed by atoms with Crippen molar-refractivity contribution < 1.29 is 5.11 Å². The number of thiophene rings is 1. The Morgan fingerprint density at radius 3 is 2.85 bits per heavy atom.